The van der Waals surface area contributed by atoms with E-state index in [0.717, 1.165) is 28.9 Å². The number of nitrogens with zero attached hydrogens (tertiary/aromatic N) is 3. The zero-order valence-electron chi connectivity index (χ0n) is 18.2. The van der Waals surface area contributed by atoms with Gasteiger partial charge in [-0.3, -0.25) is 9.59 Å². The van der Waals surface area contributed by atoms with Gasteiger partial charge in [0.25, 0.3) is 0 Å². The second-order valence-corrected chi connectivity index (χ2v) is 8.96. The van der Waals surface area contributed by atoms with Crippen LogP contribution in [-0.2, 0) is 16.0 Å². The number of nitrogens with one attached hydrogen (secondary N) is 1. The van der Waals surface area contributed by atoms with Crippen LogP contribution in [0.3, 0.4) is 0 Å². The molecule has 0 unspecified atom stereocenters. The van der Waals surface area contributed by atoms with E-state index in [1.165, 1.54) is 11.8 Å². The van der Waals surface area contributed by atoms with E-state index < -0.39 is 0 Å². The summed E-state index contributed by atoms with van der Waals surface area (Å²) in [6.45, 7) is 2.66. The lowest BCUT2D eigenvalue weighted by atomic mass is 10.0. The van der Waals surface area contributed by atoms with Gasteiger partial charge in [-0.15, -0.1) is 0 Å². The van der Waals surface area contributed by atoms with Gasteiger partial charge in [-0.05, 0) is 42.7 Å². The number of benzene rings is 2. The Kier molecular flexibility index (Phi) is 7.15. The molecule has 1 aromatic heterocycles. The SMILES string of the molecule is CCc1nc(SCC(=O)Nc2ccccc2N2CCCC2=O)nc(N)c1-c1ccc(Cl)cc1. The first-order chi connectivity index (χ1) is 16.0. The first kappa shape index (κ1) is 23.1. The van der Waals surface area contributed by atoms with Crippen molar-refractivity contribution in [2.75, 3.05) is 28.2 Å². The highest BCUT2D eigenvalue weighted by molar-refractivity contribution is 7.99. The van der Waals surface area contributed by atoms with Gasteiger partial charge in [-0.1, -0.05) is 54.6 Å². The van der Waals surface area contributed by atoms with Crippen LogP contribution in [0.2, 0.25) is 5.02 Å². The van der Waals surface area contributed by atoms with Gasteiger partial charge in [-0.25, -0.2) is 9.97 Å². The maximum atomic E-state index is 12.7. The number of aryl methyl sites for hydroxylation is 1. The molecule has 7 nitrogen and oxygen atoms in total. The number of carbonyl (C=O) groups excluding carboxylic acids is 2. The van der Waals surface area contributed by atoms with E-state index in [-0.39, 0.29) is 17.6 Å². The molecule has 0 saturated carbocycles. The number of thioether (sulfide) groups is 1. The number of aromatic nitrogens is 2. The molecule has 33 heavy (non-hydrogen) atoms. The Balaban J connectivity index is 1.47. The zero-order chi connectivity index (χ0) is 23.4. The number of para-hydroxylation sites is 2. The molecule has 0 bridgehead atoms. The number of carbonyl (C=O) groups is 2. The Morgan fingerprint density at radius 1 is 1.18 bits per heavy atom. The monoisotopic (exact) mass is 481 g/mol. The van der Waals surface area contributed by atoms with Crippen molar-refractivity contribution in [1.29, 1.82) is 0 Å². The van der Waals surface area contributed by atoms with Gasteiger partial charge in [0, 0.05) is 23.6 Å². The number of hydrogen-bond acceptors (Lipinski definition) is 6. The molecule has 2 heterocycles. The van der Waals surface area contributed by atoms with Crippen molar-refractivity contribution in [3.8, 4) is 11.1 Å². The number of hydrogen-bond donors (Lipinski definition) is 2. The first-order valence-corrected chi connectivity index (χ1v) is 12.1. The average molecular weight is 482 g/mol. The summed E-state index contributed by atoms with van der Waals surface area (Å²) in [5, 5.41) is 4.00. The summed E-state index contributed by atoms with van der Waals surface area (Å²) in [4.78, 5) is 35.6. The molecule has 3 aromatic rings. The third-order valence-corrected chi connectivity index (χ3v) is 6.43. The molecule has 2 amide bonds. The molecule has 1 saturated heterocycles. The lowest BCUT2D eigenvalue weighted by Gasteiger charge is -2.19. The molecule has 0 radical (unpaired) electrons. The number of rotatable bonds is 7. The molecule has 9 heteroatoms. The fourth-order valence-corrected chi connectivity index (χ4v) is 4.58. The quantitative estimate of drug-likeness (QED) is 0.371. The molecule has 3 N–H and O–H groups in total. The van der Waals surface area contributed by atoms with Crippen molar-refractivity contribution >= 4 is 52.4 Å². The summed E-state index contributed by atoms with van der Waals surface area (Å²) in [7, 11) is 0. The molecule has 1 fully saturated rings. The van der Waals surface area contributed by atoms with Crippen LogP contribution in [0.5, 0.6) is 0 Å². The number of amides is 2. The van der Waals surface area contributed by atoms with Crippen molar-refractivity contribution in [3.63, 3.8) is 0 Å². The average Bonchev–Trinajstić information content (AvgIpc) is 3.24. The van der Waals surface area contributed by atoms with E-state index in [0.29, 0.717) is 41.1 Å². The van der Waals surface area contributed by atoms with Crippen LogP contribution in [-0.4, -0.2) is 34.1 Å². The molecule has 1 aliphatic rings. The Bertz CT molecular complexity index is 1190. The summed E-state index contributed by atoms with van der Waals surface area (Å²) >= 11 is 7.22. The number of halogens is 1. The maximum Gasteiger partial charge on any atom is 0.234 e. The predicted octanol–water partition coefficient (Wildman–Crippen LogP) is 4.80. The van der Waals surface area contributed by atoms with Crippen LogP contribution < -0.4 is 16.0 Å². The maximum absolute atomic E-state index is 12.7. The lowest BCUT2D eigenvalue weighted by Crippen LogP contribution is -2.26. The molecular formula is C24H24ClN5O2S. The van der Waals surface area contributed by atoms with Gasteiger partial charge in [-0.2, -0.15) is 0 Å². The highest BCUT2D eigenvalue weighted by Crippen LogP contribution is 2.32. The fourth-order valence-electron chi connectivity index (χ4n) is 3.79. The Morgan fingerprint density at radius 3 is 2.64 bits per heavy atom. The van der Waals surface area contributed by atoms with E-state index in [9.17, 15) is 9.59 Å². The van der Waals surface area contributed by atoms with Crippen molar-refractivity contribution < 1.29 is 9.59 Å². The second-order valence-electron chi connectivity index (χ2n) is 7.58. The van der Waals surface area contributed by atoms with Gasteiger partial charge in [0.1, 0.15) is 5.82 Å². The smallest absolute Gasteiger partial charge is 0.234 e. The van der Waals surface area contributed by atoms with E-state index in [1.54, 1.807) is 23.1 Å². The largest absolute Gasteiger partial charge is 0.383 e. The first-order valence-electron chi connectivity index (χ1n) is 10.7. The Hall–Kier alpha value is -3.10. The molecular weight excluding hydrogens is 458 g/mol. The third kappa shape index (κ3) is 5.29. The summed E-state index contributed by atoms with van der Waals surface area (Å²) in [6.07, 6.45) is 2.02. The van der Waals surface area contributed by atoms with E-state index in [1.807, 2.05) is 37.3 Å². The van der Waals surface area contributed by atoms with Crippen molar-refractivity contribution in [2.24, 2.45) is 0 Å². The van der Waals surface area contributed by atoms with Crippen LogP contribution in [0.1, 0.15) is 25.5 Å². The third-order valence-electron chi connectivity index (χ3n) is 5.33. The minimum atomic E-state index is -0.207. The second kappa shape index (κ2) is 10.2. The van der Waals surface area contributed by atoms with Crippen LogP contribution in [0.25, 0.3) is 11.1 Å². The van der Waals surface area contributed by atoms with Crippen LogP contribution >= 0.6 is 23.4 Å². The standard InChI is InChI=1S/C24H24ClN5O2S/c1-2-17-22(15-9-11-16(25)12-10-15)23(26)29-24(28-17)33-14-20(31)27-18-6-3-4-7-19(18)30-13-5-8-21(30)32/h3-4,6-7,9-12H,2,5,8,13-14H2,1H3,(H,27,31)(H2,26,28,29). The Morgan fingerprint density at radius 2 is 1.94 bits per heavy atom. The van der Waals surface area contributed by atoms with Crippen molar-refractivity contribution in [3.05, 3.63) is 59.2 Å². The van der Waals surface area contributed by atoms with E-state index in [4.69, 9.17) is 17.3 Å². The highest BCUT2D eigenvalue weighted by Gasteiger charge is 2.24. The minimum Gasteiger partial charge on any atom is -0.383 e. The van der Waals surface area contributed by atoms with Crippen LogP contribution in [0, 0.1) is 0 Å². The van der Waals surface area contributed by atoms with Gasteiger partial charge < -0.3 is 16.0 Å². The zero-order valence-corrected chi connectivity index (χ0v) is 19.7. The van der Waals surface area contributed by atoms with E-state index in [2.05, 4.69) is 15.3 Å². The molecule has 1 aliphatic heterocycles. The molecule has 0 atom stereocenters. The lowest BCUT2D eigenvalue weighted by molar-refractivity contribution is -0.117. The van der Waals surface area contributed by atoms with Gasteiger partial charge >= 0.3 is 0 Å². The topological polar surface area (TPSA) is 101 Å². The van der Waals surface area contributed by atoms with Gasteiger partial charge in [0.05, 0.1) is 22.8 Å². The molecule has 4 rings (SSSR count). The Labute approximate surface area is 201 Å². The highest BCUT2D eigenvalue weighted by atomic mass is 35.5. The van der Waals surface area contributed by atoms with Crippen LogP contribution in [0.4, 0.5) is 17.2 Å². The normalized spacial score (nSPS) is 13.4. The molecule has 170 valence electrons. The fraction of sp³-hybridized carbons (Fsp3) is 0.250. The van der Waals surface area contributed by atoms with E-state index >= 15 is 0 Å². The van der Waals surface area contributed by atoms with Crippen molar-refractivity contribution in [2.45, 2.75) is 31.3 Å². The van der Waals surface area contributed by atoms with Gasteiger partial charge in [0.2, 0.25) is 11.8 Å². The van der Waals surface area contributed by atoms with Crippen LogP contribution in [0.15, 0.2) is 53.7 Å². The van der Waals surface area contributed by atoms with Gasteiger partial charge in [0.15, 0.2) is 5.16 Å². The molecule has 2 aromatic carbocycles. The summed E-state index contributed by atoms with van der Waals surface area (Å²) < 4.78 is 0. The summed E-state index contributed by atoms with van der Waals surface area (Å²) in [5.74, 6) is 0.347. The molecule has 0 spiro atoms. The summed E-state index contributed by atoms with van der Waals surface area (Å²) in [6, 6.07) is 14.7. The van der Waals surface area contributed by atoms with Crippen molar-refractivity contribution in [1.82, 2.24) is 9.97 Å². The number of anilines is 3. The molecule has 0 aliphatic carbocycles. The number of nitrogens with two attached hydrogens (primary N) is 1. The minimum absolute atomic E-state index is 0.0721. The predicted molar refractivity (Wildman–Crippen MR) is 134 cm³/mol. The number of nitrogen functional groups attached to an aromatic ring is 1. The summed E-state index contributed by atoms with van der Waals surface area (Å²) in [5.41, 5.74) is 10.1.